The van der Waals surface area contributed by atoms with Crippen LogP contribution in [0.2, 0.25) is 5.15 Å². The number of hydrogen-bond acceptors (Lipinski definition) is 1. The Morgan fingerprint density at radius 2 is 2.00 bits per heavy atom. The van der Waals surface area contributed by atoms with Crippen LogP contribution in [0.25, 0.3) is 0 Å². The smallest absolute Gasteiger partial charge is 0.260 e. The number of nitrogens with zero attached hydrogens (tertiary/aromatic N) is 2. The van der Waals surface area contributed by atoms with Crippen LogP contribution in [0.4, 0.5) is 8.78 Å². The van der Waals surface area contributed by atoms with E-state index in [2.05, 4.69) is 4.98 Å². The number of halogens is 3. The van der Waals surface area contributed by atoms with E-state index in [1.807, 2.05) is 20.8 Å². The average molecular weight is 209 g/mol. The summed E-state index contributed by atoms with van der Waals surface area (Å²) in [7, 11) is 0. The minimum atomic E-state index is -2.63. The van der Waals surface area contributed by atoms with Gasteiger partial charge in [-0.15, -0.1) is 0 Å². The second-order valence-corrected chi connectivity index (χ2v) is 4.19. The normalized spacial score (nSPS) is 12.5. The van der Waals surface area contributed by atoms with Crippen LogP contribution in [-0.2, 0) is 5.41 Å². The van der Waals surface area contributed by atoms with E-state index < -0.39 is 12.0 Å². The molecule has 0 aromatic carbocycles. The predicted molar refractivity (Wildman–Crippen MR) is 47.2 cm³/mol. The summed E-state index contributed by atoms with van der Waals surface area (Å²) in [5.41, 5.74) is -0.427. The monoisotopic (exact) mass is 208 g/mol. The van der Waals surface area contributed by atoms with Gasteiger partial charge >= 0.3 is 6.55 Å². The first-order valence-corrected chi connectivity index (χ1v) is 4.23. The van der Waals surface area contributed by atoms with Gasteiger partial charge in [-0.2, -0.15) is 8.78 Å². The Balaban J connectivity index is 3.23. The lowest BCUT2D eigenvalue weighted by molar-refractivity contribution is 0.0642. The molecule has 74 valence electrons. The minimum Gasteiger partial charge on any atom is -0.260 e. The largest absolute Gasteiger partial charge is 0.321 e. The predicted octanol–water partition coefficient (Wildman–Crippen LogP) is 3.23. The molecule has 0 atom stereocenters. The summed E-state index contributed by atoms with van der Waals surface area (Å²) in [6, 6.07) is 0. The van der Waals surface area contributed by atoms with E-state index in [1.54, 1.807) is 0 Å². The molecule has 1 rings (SSSR count). The summed E-state index contributed by atoms with van der Waals surface area (Å²) in [4.78, 5) is 3.86. The van der Waals surface area contributed by atoms with Gasteiger partial charge in [0.15, 0.2) is 0 Å². The maximum Gasteiger partial charge on any atom is 0.321 e. The van der Waals surface area contributed by atoms with Crippen LogP contribution in [0.5, 0.6) is 0 Å². The van der Waals surface area contributed by atoms with Gasteiger partial charge in [-0.3, -0.25) is 4.57 Å². The van der Waals surface area contributed by atoms with Crippen molar-refractivity contribution < 1.29 is 8.78 Å². The highest BCUT2D eigenvalue weighted by molar-refractivity contribution is 6.29. The first kappa shape index (κ1) is 10.4. The van der Waals surface area contributed by atoms with E-state index in [1.165, 1.54) is 6.20 Å². The maximum atomic E-state index is 12.5. The second kappa shape index (κ2) is 3.25. The van der Waals surface area contributed by atoms with Gasteiger partial charge in [0.1, 0.15) is 11.0 Å². The van der Waals surface area contributed by atoms with Crippen LogP contribution in [0.1, 0.15) is 33.1 Å². The quantitative estimate of drug-likeness (QED) is 0.693. The SMILES string of the molecule is CC(C)(C)c1ncc(Cl)n1C(F)F. The second-order valence-electron chi connectivity index (χ2n) is 3.80. The zero-order valence-corrected chi connectivity index (χ0v) is 8.44. The molecule has 0 fully saturated rings. The molecule has 0 aliphatic heterocycles. The number of hydrogen-bond donors (Lipinski definition) is 0. The molecule has 5 heteroatoms. The zero-order chi connectivity index (χ0) is 10.2. The molecule has 0 radical (unpaired) electrons. The van der Waals surface area contributed by atoms with Crippen molar-refractivity contribution in [3.63, 3.8) is 0 Å². The third kappa shape index (κ3) is 1.99. The van der Waals surface area contributed by atoms with E-state index in [0.29, 0.717) is 5.82 Å². The van der Waals surface area contributed by atoms with E-state index in [-0.39, 0.29) is 5.15 Å². The summed E-state index contributed by atoms with van der Waals surface area (Å²) in [6.45, 7) is 2.80. The summed E-state index contributed by atoms with van der Waals surface area (Å²) >= 11 is 5.57. The first-order chi connectivity index (χ1) is 5.84. The Morgan fingerprint density at radius 1 is 1.46 bits per heavy atom. The van der Waals surface area contributed by atoms with Crippen molar-refractivity contribution in [3.8, 4) is 0 Å². The lowest BCUT2D eigenvalue weighted by Crippen LogP contribution is -2.19. The molecule has 1 aromatic heterocycles. The van der Waals surface area contributed by atoms with Crippen molar-refractivity contribution in [2.24, 2.45) is 0 Å². The molecular weight excluding hydrogens is 198 g/mol. The van der Waals surface area contributed by atoms with Crippen molar-refractivity contribution in [2.45, 2.75) is 32.7 Å². The summed E-state index contributed by atoms with van der Waals surface area (Å²) in [5.74, 6) is 0.299. The third-order valence-corrected chi connectivity index (χ3v) is 1.90. The molecule has 0 bridgehead atoms. The molecular formula is C8H11ClF2N2. The molecule has 1 heterocycles. The number of rotatable bonds is 1. The number of alkyl halides is 2. The highest BCUT2D eigenvalue weighted by Gasteiger charge is 2.25. The summed E-state index contributed by atoms with van der Waals surface area (Å²) in [6.07, 6.45) is 1.24. The lowest BCUT2D eigenvalue weighted by Gasteiger charge is -2.19. The lowest BCUT2D eigenvalue weighted by atomic mass is 9.96. The fourth-order valence-electron chi connectivity index (χ4n) is 1.08. The van der Waals surface area contributed by atoms with Gasteiger partial charge in [0.25, 0.3) is 0 Å². The highest BCUT2D eigenvalue weighted by Crippen LogP contribution is 2.28. The fourth-order valence-corrected chi connectivity index (χ4v) is 1.28. The van der Waals surface area contributed by atoms with Crippen LogP contribution in [0.3, 0.4) is 0 Å². The average Bonchev–Trinajstić information content (AvgIpc) is 2.28. The van der Waals surface area contributed by atoms with Crippen LogP contribution < -0.4 is 0 Å². The molecule has 0 spiro atoms. The number of aromatic nitrogens is 2. The van der Waals surface area contributed by atoms with E-state index in [9.17, 15) is 8.78 Å². The van der Waals surface area contributed by atoms with Gasteiger partial charge in [-0.1, -0.05) is 32.4 Å². The van der Waals surface area contributed by atoms with Crippen LogP contribution in [0, 0.1) is 0 Å². The summed E-state index contributed by atoms with van der Waals surface area (Å²) in [5, 5.41) is -0.0278. The fraction of sp³-hybridized carbons (Fsp3) is 0.625. The molecule has 0 amide bonds. The highest BCUT2D eigenvalue weighted by atomic mass is 35.5. The maximum absolute atomic E-state index is 12.5. The Kier molecular flexibility index (Phi) is 2.61. The first-order valence-electron chi connectivity index (χ1n) is 3.85. The van der Waals surface area contributed by atoms with Crippen LogP contribution >= 0.6 is 11.6 Å². The molecule has 1 aromatic rings. The Bertz CT molecular complexity index is 302. The van der Waals surface area contributed by atoms with Gasteiger partial charge in [-0.05, 0) is 0 Å². The summed E-state index contributed by atoms with van der Waals surface area (Å²) < 4.78 is 25.7. The molecule has 0 aliphatic rings. The van der Waals surface area contributed by atoms with Gasteiger partial charge in [0.2, 0.25) is 0 Å². The third-order valence-electron chi connectivity index (χ3n) is 1.62. The van der Waals surface area contributed by atoms with E-state index in [0.717, 1.165) is 4.57 Å². The van der Waals surface area contributed by atoms with Crippen molar-refractivity contribution in [1.82, 2.24) is 9.55 Å². The molecule has 0 saturated carbocycles. The minimum absolute atomic E-state index is 0.0278. The van der Waals surface area contributed by atoms with Crippen molar-refractivity contribution >= 4 is 11.6 Å². The Labute approximate surface area is 80.5 Å². The van der Waals surface area contributed by atoms with Gasteiger partial charge in [0, 0.05) is 5.41 Å². The van der Waals surface area contributed by atoms with Crippen molar-refractivity contribution in [3.05, 3.63) is 17.2 Å². The molecule has 0 N–H and O–H groups in total. The van der Waals surface area contributed by atoms with Gasteiger partial charge < -0.3 is 0 Å². The van der Waals surface area contributed by atoms with Gasteiger partial charge in [-0.25, -0.2) is 4.98 Å². The molecule has 0 unspecified atom stereocenters. The van der Waals surface area contributed by atoms with E-state index >= 15 is 0 Å². The Morgan fingerprint density at radius 3 is 2.31 bits per heavy atom. The zero-order valence-electron chi connectivity index (χ0n) is 7.68. The topological polar surface area (TPSA) is 17.8 Å². The van der Waals surface area contributed by atoms with Gasteiger partial charge in [0.05, 0.1) is 6.20 Å². The standard InChI is InChI=1S/C8H11ClF2N2/c1-8(2,3)6-12-4-5(9)13(6)7(10)11/h4,7H,1-3H3. The van der Waals surface area contributed by atoms with Crippen LogP contribution in [0.15, 0.2) is 6.20 Å². The molecule has 0 saturated heterocycles. The van der Waals surface area contributed by atoms with E-state index in [4.69, 9.17) is 11.6 Å². The Hall–Kier alpha value is -0.640. The molecule has 0 aliphatic carbocycles. The molecule has 2 nitrogen and oxygen atoms in total. The number of imidazole rings is 1. The van der Waals surface area contributed by atoms with Crippen LogP contribution in [-0.4, -0.2) is 9.55 Å². The van der Waals surface area contributed by atoms with Crippen molar-refractivity contribution in [2.75, 3.05) is 0 Å². The van der Waals surface area contributed by atoms with Crippen molar-refractivity contribution in [1.29, 1.82) is 0 Å². The molecule has 13 heavy (non-hydrogen) atoms.